The smallest absolute Gasteiger partial charge is 0.418 e. The fourth-order valence-corrected chi connectivity index (χ4v) is 1.54. The Labute approximate surface area is 84.3 Å². The molecule has 0 bridgehead atoms. The van der Waals surface area contributed by atoms with Crippen molar-refractivity contribution in [1.29, 1.82) is 0 Å². The quantitative estimate of drug-likeness (QED) is 0.719. The first-order valence-electron chi connectivity index (χ1n) is 4.43. The topological polar surface area (TPSA) is 60.8 Å². The molecule has 2 N–H and O–H groups in total. The third-order valence-corrected chi connectivity index (χ3v) is 2.71. The van der Waals surface area contributed by atoms with Gasteiger partial charge in [0.2, 0.25) is 0 Å². The molecule has 0 aromatic rings. The number of likely N-dealkylation sites (tertiary alicyclic amines) is 1. The summed E-state index contributed by atoms with van der Waals surface area (Å²) in [6.45, 7) is 0.553. The molecule has 1 aliphatic heterocycles. The van der Waals surface area contributed by atoms with E-state index < -0.39 is 36.8 Å². The molecule has 15 heavy (non-hydrogen) atoms. The molecular weight excluding hydrogens is 215 g/mol. The summed E-state index contributed by atoms with van der Waals surface area (Å²) < 4.78 is 37.1. The Morgan fingerprint density at radius 3 is 2.40 bits per heavy atom. The molecule has 0 radical (unpaired) electrons. The third kappa shape index (κ3) is 2.23. The highest BCUT2D eigenvalue weighted by atomic mass is 19.4. The molecular formula is C8H12F3NO3. The van der Waals surface area contributed by atoms with E-state index in [9.17, 15) is 23.1 Å². The fourth-order valence-electron chi connectivity index (χ4n) is 1.54. The van der Waals surface area contributed by atoms with Crippen molar-refractivity contribution in [3.63, 3.8) is 0 Å². The van der Waals surface area contributed by atoms with Gasteiger partial charge < -0.3 is 10.2 Å². The van der Waals surface area contributed by atoms with Gasteiger partial charge in [-0.2, -0.15) is 13.2 Å². The number of β-amino-alcohol motifs (C(OH)–C–C–N with tert-alkyl or cyclic N) is 1. The van der Waals surface area contributed by atoms with Crippen molar-refractivity contribution in [2.75, 3.05) is 13.1 Å². The molecule has 1 heterocycles. The van der Waals surface area contributed by atoms with E-state index in [0.29, 0.717) is 0 Å². The maximum atomic E-state index is 12.4. The van der Waals surface area contributed by atoms with Crippen LogP contribution in [0.2, 0.25) is 0 Å². The van der Waals surface area contributed by atoms with Gasteiger partial charge in [0, 0.05) is 13.1 Å². The summed E-state index contributed by atoms with van der Waals surface area (Å²) in [6.07, 6.45) is -5.19. The van der Waals surface area contributed by atoms with Crippen LogP contribution in [0.25, 0.3) is 0 Å². The number of halogens is 3. The van der Waals surface area contributed by atoms with Gasteiger partial charge in [-0.15, -0.1) is 0 Å². The number of carboxylic acid groups (broad SMARTS) is 1. The number of carbonyl (C=O) groups is 1. The van der Waals surface area contributed by atoms with E-state index in [4.69, 9.17) is 5.11 Å². The zero-order chi connectivity index (χ0) is 11.9. The zero-order valence-corrected chi connectivity index (χ0v) is 8.08. The minimum absolute atomic E-state index is 0.0660. The molecule has 4 nitrogen and oxygen atoms in total. The molecule has 0 aromatic carbocycles. The third-order valence-electron chi connectivity index (χ3n) is 2.71. The molecule has 1 aliphatic rings. The number of aliphatic carboxylic acids is 1. The minimum Gasteiger partial charge on any atom is -0.480 e. The second-order valence-electron chi connectivity index (χ2n) is 3.76. The van der Waals surface area contributed by atoms with Gasteiger partial charge in [0.05, 0.1) is 0 Å². The van der Waals surface area contributed by atoms with Crippen LogP contribution in [0.15, 0.2) is 0 Å². The van der Waals surface area contributed by atoms with Gasteiger partial charge in [-0.1, -0.05) is 0 Å². The van der Waals surface area contributed by atoms with Crippen LogP contribution in [0.1, 0.15) is 13.3 Å². The Bertz CT molecular complexity index is 268. The molecule has 0 aliphatic carbocycles. The number of rotatable bonds is 2. The minimum atomic E-state index is -4.71. The summed E-state index contributed by atoms with van der Waals surface area (Å²) in [7, 11) is 0. The summed E-state index contributed by atoms with van der Waals surface area (Å²) in [6, 6.07) is -1.01. The number of nitrogens with zero attached hydrogens (tertiary/aromatic N) is 1. The highest BCUT2D eigenvalue weighted by Gasteiger charge is 2.57. The van der Waals surface area contributed by atoms with Crippen molar-refractivity contribution in [1.82, 2.24) is 4.90 Å². The van der Waals surface area contributed by atoms with E-state index in [1.807, 2.05) is 0 Å². The molecule has 0 unspecified atom stereocenters. The van der Waals surface area contributed by atoms with E-state index in [2.05, 4.69) is 0 Å². The van der Waals surface area contributed by atoms with Crippen molar-refractivity contribution in [3.8, 4) is 0 Å². The van der Waals surface area contributed by atoms with Crippen LogP contribution in [-0.4, -0.2) is 52.0 Å². The summed E-state index contributed by atoms with van der Waals surface area (Å²) in [5.74, 6) is -1.19. The molecule has 2 atom stereocenters. The van der Waals surface area contributed by atoms with Gasteiger partial charge in [0.25, 0.3) is 0 Å². The first kappa shape index (κ1) is 12.3. The van der Waals surface area contributed by atoms with E-state index in [1.54, 1.807) is 0 Å². The van der Waals surface area contributed by atoms with Gasteiger partial charge in [-0.3, -0.25) is 9.69 Å². The Morgan fingerprint density at radius 1 is 1.53 bits per heavy atom. The summed E-state index contributed by atoms with van der Waals surface area (Å²) in [5.41, 5.74) is -2.77. The average Bonchev–Trinajstić information content (AvgIpc) is 2.46. The zero-order valence-electron chi connectivity index (χ0n) is 8.08. The van der Waals surface area contributed by atoms with E-state index in [1.165, 1.54) is 6.92 Å². The van der Waals surface area contributed by atoms with Crippen molar-refractivity contribution < 1.29 is 28.2 Å². The van der Waals surface area contributed by atoms with Crippen molar-refractivity contribution in [3.05, 3.63) is 0 Å². The van der Waals surface area contributed by atoms with Crippen LogP contribution in [0, 0.1) is 0 Å². The van der Waals surface area contributed by atoms with Crippen LogP contribution >= 0.6 is 0 Å². The second-order valence-corrected chi connectivity index (χ2v) is 3.76. The lowest BCUT2D eigenvalue weighted by atomic mass is 10.0. The number of aliphatic hydroxyl groups is 1. The van der Waals surface area contributed by atoms with Crippen LogP contribution < -0.4 is 0 Å². The van der Waals surface area contributed by atoms with E-state index >= 15 is 0 Å². The molecule has 0 spiro atoms. The Balaban J connectivity index is 2.71. The highest BCUT2D eigenvalue weighted by Crippen LogP contribution is 2.38. The van der Waals surface area contributed by atoms with Crippen LogP contribution in [-0.2, 0) is 4.79 Å². The van der Waals surface area contributed by atoms with Crippen molar-refractivity contribution >= 4 is 5.97 Å². The molecule has 0 amide bonds. The average molecular weight is 227 g/mol. The lowest BCUT2D eigenvalue weighted by Gasteiger charge is -2.27. The fraction of sp³-hybridized carbons (Fsp3) is 0.875. The number of hydrogen-bond acceptors (Lipinski definition) is 3. The SMILES string of the molecule is C[C@@H](C(=O)O)N1CC[C@](O)(C(F)(F)F)C1. The number of carboxylic acids is 1. The molecule has 0 saturated carbocycles. The molecule has 1 rings (SSSR count). The van der Waals surface area contributed by atoms with Crippen LogP contribution in [0.4, 0.5) is 13.2 Å². The van der Waals surface area contributed by atoms with Gasteiger partial charge in [-0.25, -0.2) is 0 Å². The first-order valence-corrected chi connectivity index (χ1v) is 4.43. The van der Waals surface area contributed by atoms with Crippen molar-refractivity contribution in [2.45, 2.75) is 31.2 Å². The van der Waals surface area contributed by atoms with E-state index in [0.717, 1.165) is 4.90 Å². The van der Waals surface area contributed by atoms with Gasteiger partial charge in [0.1, 0.15) is 6.04 Å². The van der Waals surface area contributed by atoms with Crippen LogP contribution in [0.5, 0.6) is 0 Å². The standard InChI is InChI=1S/C8H12F3NO3/c1-5(6(13)14)12-3-2-7(15,4-12)8(9,10)11/h5,15H,2-4H2,1H3,(H,13,14)/t5-,7+/m0/s1. The normalized spacial score (nSPS) is 30.5. The Hall–Kier alpha value is -0.820. The molecule has 88 valence electrons. The molecule has 1 saturated heterocycles. The first-order chi connectivity index (χ1) is 6.67. The molecule has 0 aromatic heterocycles. The lowest BCUT2D eigenvalue weighted by Crippen LogP contribution is -2.49. The summed E-state index contributed by atoms with van der Waals surface area (Å²) in [4.78, 5) is 11.6. The Morgan fingerprint density at radius 2 is 2.07 bits per heavy atom. The van der Waals surface area contributed by atoms with Gasteiger partial charge in [-0.05, 0) is 13.3 Å². The number of alkyl halides is 3. The monoisotopic (exact) mass is 227 g/mol. The lowest BCUT2D eigenvalue weighted by molar-refractivity contribution is -0.254. The maximum Gasteiger partial charge on any atom is 0.418 e. The highest BCUT2D eigenvalue weighted by molar-refractivity contribution is 5.72. The summed E-state index contributed by atoms with van der Waals surface area (Å²) in [5, 5.41) is 17.9. The van der Waals surface area contributed by atoms with Gasteiger partial charge in [0.15, 0.2) is 5.60 Å². The van der Waals surface area contributed by atoms with E-state index in [-0.39, 0.29) is 6.54 Å². The predicted molar refractivity (Wildman–Crippen MR) is 44.3 cm³/mol. The van der Waals surface area contributed by atoms with Crippen LogP contribution in [0.3, 0.4) is 0 Å². The summed E-state index contributed by atoms with van der Waals surface area (Å²) >= 11 is 0. The van der Waals surface area contributed by atoms with Gasteiger partial charge >= 0.3 is 12.1 Å². The number of hydrogen-bond donors (Lipinski definition) is 2. The predicted octanol–water partition coefficient (Wildman–Crippen LogP) is 0.459. The second kappa shape index (κ2) is 3.64. The molecule has 1 fully saturated rings. The Kier molecular flexibility index (Phi) is 2.97. The van der Waals surface area contributed by atoms with Crippen molar-refractivity contribution in [2.24, 2.45) is 0 Å². The maximum absolute atomic E-state index is 12.4. The molecule has 7 heteroatoms. The largest absolute Gasteiger partial charge is 0.480 e.